The Morgan fingerprint density at radius 3 is 2.86 bits per heavy atom. The SMILES string of the molecule is CCNc1cc(C(=O)Nc2cc(Br)ccc2C)c(Cl)cn1. The van der Waals surface area contributed by atoms with Gasteiger partial charge in [0.15, 0.2) is 0 Å². The predicted molar refractivity (Wildman–Crippen MR) is 90.2 cm³/mol. The highest BCUT2D eigenvalue weighted by Crippen LogP contribution is 2.23. The lowest BCUT2D eigenvalue weighted by atomic mass is 10.2. The lowest BCUT2D eigenvalue weighted by molar-refractivity contribution is 0.102. The molecule has 1 amide bonds. The number of pyridine rings is 1. The number of halogens is 2. The molecule has 0 aliphatic rings. The number of carbonyl (C=O) groups excluding carboxylic acids is 1. The summed E-state index contributed by atoms with van der Waals surface area (Å²) >= 11 is 9.46. The first kappa shape index (κ1) is 15.8. The quantitative estimate of drug-likeness (QED) is 0.836. The van der Waals surface area contributed by atoms with Crippen molar-refractivity contribution < 1.29 is 4.79 Å². The standard InChI is InChI=1S/C15H15BrClN3O/c1-3-18-14-7-11(12(17)8-19-14)15(21)20-13-6-10(16)5-4-9(13)2/h4-8H,3H2,1-2H3,(H,18,19)(H,20,21). The predicted octanol–water partition coefficient (Wildman–Crippen LogP) is 4.49. The molecule has 110 valence electrons. The highest BCUT2D eigenvalue weighted by atomic mass is 79.9. The Morgan fingerprint density at radius 1 is 1.38 bits per heavy atom. The molecule has 2 N–H and O–H groups in total. The fraction of sp³-hybridized carbons (Fsp3) is 0.200. The highest BCUT2D eigenvalue weighted by molar-refractivity contribution is 9.10. The summed E-state index contributed by atoms with van der Waals surface area (Å²) in [5, 5.41) is 6.25. The first-order valence-corrected chi connectivity index (χ1v) is 7.65. The molecule has 0 radical (unpaired) electrons. The molecule has 6 heteroatoms. The van der Waals surface area contributed by atoms with Crippen LogP contribution in [0, 0.1) is 6.92 Å². The van der Waals surface area contributed by atoms with E-state index < -0.39 is 0 Å². The summed E-state index contributed by atoms with van der Waals surface area (Å²) in [6.45, 7) is 4.61. The van der Waals surface area contributed by atoms with Crippen LogP contribution in [-0.2, 0) is 0 Å². The number of amides is 1. The summed E-state index contributed by atoms with van der Waals surface area (Å²) in [7, 11) is 0. The molecule has 0 aliphatic heterocycles. The number of nitrogens with zero attached hydrogens (tertiary/aromatic N) is 1. The van der Waals surface area contributed by atoms with Gasteiger partial charge in [0.1, 0.15) is 5.82 Å². The molecule has 0 unspecified atom stereocenters. The molecule has 2 rings (SSSR count). The number of aryl methyl sites for hydroxylation is 1. The van der Waals surface area contributed by atoms with E-state index in [4.69, 9.17) is 11.6 Å². The van der Waals surface area contributed by atoms with Crippen LogP contribution in [0.5, 0.6) is 0 Å². The van der Waals surface area contributed by atoms with Crippen LogP contribution in [0.4, 0.5) is 11.5 Å². The van der Waals surface area contributed by atoms with Gasteiger partial charge < -0.3 is 10.6 Å². The van der Waals surface area contributed by atoms with E-state index in [9.17, 15) is 4.79 Å². The van der Waals surface area contributed by atoms with Gasteiger partial charge in [0.2, 0.25) is 0 Å². The Hall–Kier alpha value is -1.59. The normalized spacial score (nSPS) is 10.3. The van der Waals surface area contributed by atoms with Gasteiger partial charge in [-0.3, -0.25) is 4.79 Å². The van der Waals surface area contributed by atoms with Crippen LogP contribution in [0.15, 0.2) is 34.9 Å². The monoisotopic (exact) mass is 367 g/mol. The van der Waals surface area contributed by atoms with Crippen molar-refractivity contribution in [1.29, 1.82) is 0 Å². The van der Waals surface area contributed by atoms with E-state index in [0.717, 1.165) is 22.3 Å². The van der Waals surface area contributed by atoms with Crippen molar-refractivity contribution in [3.05, 3.63) is 51.1 Å². The maximum absolute atomic E-state index is 12.4. The van der Waals surface area contributed by atoms with E-state index in [1.165, 1.54) is 6.20 Å². The topological polar surface area (TPSA) is 54.0 Å². The third kappa shape index (κ3) is 3.95. The summed E-state index contributed by atoms with van der Waals surface area (Å²) in [6, 6.07) is 7.35. The van der Waals surface area contributed by atoms with Gasteiger partial charge in [-0.1, -0.05) is 33.6 Å². The van der Waals surface area contributed by atoms with Crippen LogP contribution in [0.1, 0.15) is 22.8 Å². The van der Waals surface area contributed by atoms with Crippen LogP contribution < -0.4 is 10.6 Å². The summed E-state index contributed by atoms with van der Waals surface area (Å²) in [5.41, 5.74) is 2.11. The molecule has 0 spiro atoms. The molecule has 0 aliphatic carbocycles. The van der Waals surface area contributed by atoms with Crippen molar-refractivity contribution in [1.82, 2.24) is 4.98 Å². The lowest BCUT2D eigenvalue weighted by Crippen LogP contribution is -2.14. The van der Waals surface area contributed by atoms with Crippen LogP contribution in [-0.4, -0.2) is 17.4 Å². The van der Waals surface area contributed by atoms with Crippen molar-refractivity contribution in [2.24, 2.45) is 0 Å². The first-order valence-electron chi connectivity index (χ1n) is 6.48. The van der Waals surface area contributed by atoms with Gasteiger partial charge in [-0.05, 0) is 37.6 Å². The molecule has 0 atom stereocenters. The minimum atomic E-state index is -0.261. The zero-order chi connectivity index (χ0) is 15.4. The van der Waals surface area contributed by atoms with E-state index in [0.29, 0.717) is 16.4 Å². The van der Waals surface area contributed by atoms with Crippen molar-refractivity contribution in [3.63, 3.8) is 0 Å². The second-order valence-electron chi connectivity index (χ2n) is 4.49. The third-order valence-electron chi connectivity index (χ3n) is 2.91. The molecule has 0 saturated carbocycles. The smallest absolute Gasteiger partial charge is 0.257 e. The molecular weight excluding hydrogens is 354 g/mol. The van der Waals surface area contributed by atoms with Gasteiger partial charge in [-0.25, -0.2) is 4.98 Å². The number of hydrogen-bond donors (Lipinski definition) is 2. The second-order valence-corrected chi connectivity index (χ2v) is 5.82. The summed E-state index contributed by atoms with van der Waals surface area (Å²) < 4.78 is 0.901. The average Bonchev–Trinajstić information content (AvgIpc) is 2.45. The summed E-state index contributed by atoms with van der Waals surface area (Å²) in [5.74, 6) is 0.362. The van der Waals surface area contributed by atoms with Gasteiger partial charge in [-0.15, -0.1) is 0 Å². The Labute approximate surface area is 137 Å². The lowest BCUT2D eigenvalue weighted by Gasteiger charge is -2.11. The zero-order valence-electron chi connectivity index (χ0n) is 11.7. The number of anilines is 2. The number of rotatable bonds is 4. The van der Waals surface area contributed by atoms with Crippen molar-refractivity contribution in [2.45, 2.75) is 13.8 Å². The molecule has 0 bridgehead atoms. The summed E-state index contributed by atoms with van der Waals surface area (Å²) in [4.78, 5) is 16.5. The molecule has 1 aromatic heterocycles. The average molecular weight is 369 g/mol. The third-order valence-corrected chi connectivity index (χ3v) is 3.70. The van der Waals surface area contributed by atoms with Crippen LogP contribution in [0.2, 0.25) is 5.02 Å². The molecular formula is C15H15BrClN3O. The van der Waals surface area contributed by atoms with Gasteiger partial charge in [-0.2, -0.15) is 0 Å². The minimum absolute atomic E-state index is 0.261. The van der Waals surface area contributed by atoms with E-state index >= 15 is 0 Å². The number of nitrogens with one attached hydrogen (secondary N) is 2. The van der Waals surface area contributed by atoms with Gasteiger partial charge in [0.25, 0.3) is 5.91 Å². The molecule has 2 aromatic rings. The fourth-order valence-electron chi connectivity index (χ4n) is 1.81. The maximum Gasteiger partial charge on any atom is 0.257 e. The first-order chi connectivity index (χ1) is 10.0. The largest absolute Gasteiger partial charge is 0.370 e. The Morgan fingerprint density at radius 2 is 2.14 bits per heavy atom. The van der Waals surface area contributed by atoms with Gasteiger partial charge >= 0.3 is 0 Å². The second kappa shape index (κ2) is 6.91. The van der Waals surface area contributed by atoms with Crippen molar-refractivity contribution in [2.75, 3.05) is 17.2 Å². The highest BCUT2D eigenvalue weighted by Gasteiger charge is 2.13. The number of benzene rings is 1. The minimum Gasteiger partial charge on any atom is -0.370 e. The zero-order valence-corrected chi connectivity index (χ0v) is 14.0. The van der Waals surface area contributed by atoms with Crippen LogP contribution in [0.25, 0.3) is 0 Å². The Balaban J connectivity index is 2.27. The fourth-order valence-corrected chi connectivity index (χ4v) is 2.36. The van der Waals surface area contributed by atoms with Crippen LogP contribution in [0.3, 0.4) is 0 Å². The molecule has 0 saturated heterocycles. The number of hydrogen-bond acceptors (Lipinski definition) is 3. The molecule has 0 fully saturated rings. The van der Waals surface area contributed by atoms with E-state index in [1.54, 1.807) is 6.07 Å². The van der Waals surface area contributed by atoms with Gasteiger partial charge in [0, 0.05) is 22.9 Å². The molecule has 4 nitrogen and oxygen atoms in total. The molecule has 1 heterocycles. The summed E-state index contributed by atoms with van der Waals surface area (Å²) in [6.07, 6.45) is 1.47. The maximum atomic E-state index is 12.4. The van der Waals surface area contributed by atoms with Crippen molar-refractivity contribution >= 4 is 44.9 Å². The van der Waals surface area contributed by atoms with Crippen molar-refractivity contribution in [3.8, 4) is 0 Å². The van der Waals surface area contributed by atoms with E-state index in [2.05, 4.69) is 31.5 Å². The molecule has 21 heavy (non-hydrogen) atoms. The van der Waals surface area contributed by atoms with E-state index in [1.807, 2.05) is 32.0 Å². The molecule has 1 aromatic carbocycles. The van der Waals surface area contributed by atoms with Crippen LogP contribution >= 0.6 is 27.5 Å². The Kier molecular flexibility index (Phi) is 5.20. The number of carbonyl (C=O) groups is 1. The Bertz CT molecular complexity index is 676. The van der Waals surface area contributed by atoms with Gasteiger partial charge in [0.05, 0.1) is 10.6 Å². The van der Waals surface area contributed by atoms with E-state index in [-0.39, 0.29) is 5.91 Å². The number of aromatic nitrogens is 1.